The number of rotatable bonds is 7. The standard InChI is InChI=1S/C17H19ClN2O4S/c1-12(11-24-2)19-17(21)13-8-9-15(18)16(10-13)25(22,23)20-14-6-4-3-5-7-14/h3-10,12,20H,11H2,1-2H3,(H,19,21)/t12-/m0/s1. The summed E-state index contributed by atoms with van der Waals surface area (Å²) in [6.45, 7) is 2.13. The van der Waals surface area contributed by atoms with Crippen LogP contribution in [0.1, 0.15) is 17.3 Å². The third-order valence-corrected chi connectivity index (χ3v) is 5.17. The van der Waals surface area contributed by atoms with Crippen LogP contribution in [0.25, 0.3) is 0 Å². The van der Waals surface area contributed by atoms with Gasteiger partial charge in [0, 0.05) is 24.4 Å². The molecule has 0 saturated carbocycles. The normalized spacial score (nSPS) is 12.4. The minimum Gasteiger partial charge on any atom is -0.383 e. The van der Waals surface area contributed by atoms with Gasteiger partial charge in [0.05, 0.1) is 11.6 Å². The summed E-state index contributed by atoms with van der Waals surface area (Å²) in [5.41, 5.74) is 0.600. The van der Waals surface area contributed by atoms with Crippen molar-refractivity contribution in [3.05, 3.63) is 59.1 Å². The number of sulfonamides is 1. The Morgan fingerprint density at radius 3 is 2.52 bits per heavy atom. The van der Waals surface area contributed by atoms with Gasteiger partial charge < -0.3 is 10.1 Å². The minimum atomic E-state index is -3.93. The second-order valence-electron chi connectivity index (χ2n) is 5.45. The maximum absolute atomic E-state index is 12.6. The zero-order valence-electron chi connectivity index (χ0n) is 13.8. The van der Waals surface area contributed by atoms with E-state index in [-0.39, 0.29) is 21.5 Å². The molecule has 2 rings (SSSR count). The van der Waals surface area contributed by atoms with E-state index in [2.05, 4.69) is 10.0 Å². The first kappa shape index (κ1) is 19.2. The van der Waals surface area contributed by atoms with Crippen LogP contribution in [-0.2, 0) is 14.8 Å². The molecule has 0 spiro atoms. The number of benzene rings is 2. The number of amides is 1. The van der Waals surface area contributed by atoms with E-state index in [1.165, 1.54) is 25.3 Å². The summed E-state index contributed by atoms with van der Waals surface area (Å²) in [7, 11) is -2.39. The molecule has 2 N–H and O–H groups in total. The van der Waals surface area contributed by atoms with Crippen molar-refractivity contribution in [3.8, 4) is 0 Å². The maximum Gasteiger partial charge on any atom is 0.263 e. The van der Waals surface area contributed by atoms with Crippen molar-refractivity contribution < 1.29 is 17.9 Å². The summed E-state index contributed by atoms with van der Waals surface area (Å²) in [5, 5.41) is 2.76. The van der Waals surface area contributed by atoms with Gasteiger partial charge in [0.1, 0.15) is 4.90 Å². The molecule has 0 aliphatic carbocycles. The summed E-state index contributed by atoms with van der Waals surface area (Å²) in [6, 6.07) is 12.3. The molecular weight excluding hydrogens is 364 g/mol. The Kier molecular flexibility index (Phi) is 6.41. The van der Waals surface area contributed by atoms with Gasteiger partial charge in [-0.05, 0) is 37.3 Å². The van der Waals surface area contributed by atoms with Crippen LogP contribution in [0.5, 0.6) is 0 Å². The van der Waals surface area contributed by atoms with Gasteiger partial charge in [0.2, 0.25) is 0 Å². The van der Waals surface area contributed by atoms with Crippen molar-refractivity contribution in [1.82, 2.24) is 5.32 Å². The highest BCUT2D eigenvalue weighted by Gasteiger charge is 2.21. The van der Waals surface area contributed by atoms with Crippen LogP contribution < -0.4 is 10.0 Å². The topological polar surface area (TPSA) is 84.5 Å². The van der Waals surface area contributed by atoms with Gasteiger partial charge in [-0.3, -0.25) is 9.52 Å². The first-order chi connectivity index (χ1) is 11.8. The van der Waals surface area contributed by atoms with Gasteiger partial charge >= 0.3 is 0 Å². The van der Waals surface area contributed by atoms with Crippen LogP contribution in [0.4, 0.5) is 5.69 Å². The minimum absolute atomic E-state index is 0.0323. The Balaban J connectivity index is 2.27. The quantitative estimate of drug-likeness (QED) is 0.771. The van der Waals surface area contributed by atoms with Crippen molar-refractivity contribution in [3.63, 3.8) is 0 Å². The van der Waals surface area contributed by atoms with Gasteiger partial charge in [-0.25, -0.2) is 8.42 Å². The number of ether oxygens (including phenoxy) is 1. The van der Waals surface area contributed by atoms with Crippen LogP contribution >= 0.6 is 11.6 Å². The molecule has 1 amide bonds. The molecule has 0 radical (unpaired) electrons. The molecule has 0 heterocycles. The zero-order valence-corrected chi connectivity index (χ0v) is 15.4. The van der Waals surface area contributed by atoms with Gasteiger partial charge in [-0.2, -0.15) is 0 Å². The average Bonchev–Trinajstić information content (AvgIpc) is 2.55. The summed E-state index contributed by atoms with van der Waals surface area (Å²) in [4.78, 5) is 12.1. The van der Waals surface area contributed by atoms with E-state index >= 15 is 0 Å². The van der Waals surface area contributed by atoms with Gasteiger partial charge in [0.15, 0.2) is 0 Å². The van der Waals surface area contributed by atoms with Crippen LogP contribution in [-0.4, -0.2) is 34.1 Å². The van der Waals surface area contributed by atoms with E-state index in [1.807, 2.05) is 0 Å². The fourth-order valence-corrected chi connectivity index (χ4v) is 3.75. The highest BCUT2D eigenvalue weighted by molar-refractivity contribution is 7.92. The molecular formula is C17H19ClN2O4S. The third-order valence-electron chi connectivity index (χ3n) is 3.30. The van der Waals surface area contributed by atoms with Crippen molar-refractivity contribution >= 4 is 33.2 Å². The fraction of sp³-hybridized carbons (Fsp3) is 0.235. The monoisotopic (exact) mass is 382 g/mol. The molecule has 25 heavy (non-hydrogen) atoms. The van der Waals surface area contributed by atoms with Gasteiger partial charge in [0.25, 0.3) is 15.9 Å². The lowest BCUT2D eigenvalue weighted by Gasteiger charge is -2.14. The van der Waals surface area contributed by atoms with Gasteiger partial charge in [-0.15, -0.1) is 0 Å². The zero-order chi connectivity index (χ0) is 18.4. The number of carbonyl (C=O) groups is 1. The molecule has 0 bridgehead atoms. The van der Waals surface area contributed by atoms with Gasteiger partial charge in [-0.1, -0.05) is 29.8 Å². The molecule has 0 unspecified atom stereocenters. The number of nitrogens with one attached hydrogen (secondary N) is 2. The fourth-order valence-electron chi connectivity index (χ4n) is 2.17. The number of anilines is 1. The summed E-state index contributed by atoms with van der Waals surface area (Å²) in [6.07, 6.45) is 0. The number of carbonyl (C=O) groups excluding carboxylic acids is 1. The molecule has 2 aromatic carbocycles. The lowest BCUT2D eigenvalue weighted by Crippen LogP contribution is -2.35. The maximum atomic E-state index is 12.6. The molecule has 0 aromatic heterocycles. The first-order valence-corrected chi connectivity index (χ1v) is 9.37. The average molecular weight is 383 g/mol. The molecule has 0 saturated heterocycles. The van der Waals surface area contributed by atoms with Crippen LogP contribution in [0.2, 0.25) is 5.02 Å². The number of methoxy groups -OCH3 is 1. The number of hydrogen-bond acceptors (Lipinski definition) is 4. The van der Waals surface area contributed by atoms with Crippen LogP contribution in [0.3, 0.4) is 0 Å². The van der Waals surface area contributed by atoms with Crippen molar-refractivity contribution in [2.75, 3.05) is 18.4 Å². The highest BCUT2D eigenvalue weighted by atomic mass is 35.5. The Morgan fingerprint density at radius 2 is 1.88 bits per heavy atom. The van der Waals surface area contributed by atoms with Crippen LogP contribution in [0, 0.1) is 0 Å². The SMILES string of the molecule is COC[C@H](C)NC(=O)c1ccc(Cl)c(S(=O)(=O)Nc2ccccc2)c1. The largest absolute Gasteiger partial charge is 0.383 e. The summed E-state index contributed by atoms with van der Waals surface area (Å²) >= 11 is 6.04. The summed E-state index contributed by atoms with van der Waals surface area (Å²) in [5.74, 6) is -0.405. The van der Waals surface area contributed by atoms with E-state index in [4.69, 9.17) is 16.3 Å². The smallest absolute Gasteiger partial charge is 0.263 e. The summed E-state index contributed by atoms with van der Waals surface area (Å²) < 4.78 is 32.6. The number of hydrogen-bond donors (Lipinski definition) is 2. The lowest BCUT2D eigenvalue weighted by molar-refractivity contribution is 0.0905. The molecule has 134 valence electrons. The van der Waals surface area contributed by atoms with E-state index in [9.17, 15) is 13.2 Å². The van der Waals surface area contributed by atoms with E-state index < -0.39 is 15.9 Å². The second-order valence-corrected chi connectivity index (χ2v) is 7.50. The molecule has 6 nitrogen and oxygen atoms in total. The van der Waals surface area contributed by atoms with Crippen molar-refractivity contribution in [1.29, 1.82) is 0 Å². The Labute approximate surface area is 152 Å². The van der Waals surface area contributed by atoms with E-state index in [0.717, 1.165) is 0 Å². The van der Waals surface area contributed by atoms with Crippen molar-refractivity contribution in [2.24, 2.45) is 0 Å². The van der Waals surface area contributed by atoms with E-state index in [1.54, 1.807) is 37.3 Å². The first-order valence-electron chi connectivity index (χ1n) is 7.50. The Hall–Kier alpha value is -2.09. The number of halogens is 1. The molecule has 1 atom stereocenters. The van der Waals surface area contributed by atoms with Crippen molar-refractivity contribution in [2.45, 2.75) is 17.9 Å². The lowest BCUT2D eigenvalue weighted by atomic mass is 10.2. The second kappa shape index (κ2) is 8.33. The molecule has 0 aliphatic rings. The predicted molar refractivity (Wildman–Crippen MR) is 97.5 cm³/mol. The number of para-hydroxylation sites is 1. The molecule has 2 aromatic rings. The predicted octanol–water partition coefficient (Wildman–Crippen LogP) is 2.91. The third kappa shape index (κ3) is 5.19. The van der Waals surface area contributed by atoms with Crippen LogP contribution in [0.15, 0.2) is 53.4 Å². The Bertz CT molecular complexity index is 841. The van der Waals surface area contributed by atoms with E-state index in [0.29, 0.717) is 12.3 Å². The Morgan fingerprint density at radius 1 is 1.20 bits per heavy atom. The molecule has 0 aliphatic heterocycles. The molecule has 0 fully saturated rings. The molecule has 8 heteroatoms. The highest BCUT2D eigenvalue weighted by Crippen LogP contribution is 2.25.